The lowest BCUT2D eigenvalue weighted by molar-refractivity contribution is 0.0731. The van der Waals surface area contributed by atoms with Crippen molar-refractivity contribution in [2.24, 2.45) is 0 Å². The van der Waals surface area contributed by atoms with Gasteiger partial charge in [-0.2, -0.15) is 0 Å². The molecule has 0 radical (unpaired) electrons. The van der Waals surface area contributed by atoms with E-state index in [2.05, 4.69) is 4.72 Å². The summed E-state index contributed by atoms with van der Waals surface area (Å²) >= 11 is 0. The minimum absolute atomic E-state index is 0.0240. The molecule has 1 aliphatic rings. The fourth-order valence-corrected chi connectivity index (χ4v) is 3.34. The van der Waals surface area contributed by atoms with Gasteiger partial charge in [0.15, 0.2) is 0 Å². The van der Waals surface area contributed by atoms with Gasteiger partial charge in [-0.15, -0.1) is 0 Å². The highest BCUT2D eigenvalue weighted by Crippen LogP contribution is 2.22. The maximum atomic E-state index is 12.3. The molecule has 0 atom stereocenters. The van der Waals surface area contributed by atoms with E-state index in [9.17, 15) is 13.2 Å². The summed E-state index contributed by atoms with van der Waals surface area (Å²) < 4.78 is 26.9. The Balaban J connectivity index is 2.22. The molecule has 0 unspecified atom stereocenters. The maximum Gasteiger partial charge on any atom is 0.253 e. The molecule has 2 rings (SSSR count). The van der Waals surface area contributed by atoms with Gasteiger partial charge in [0.1, 0.15) is 0 Å². The van der Waals surface area contributed by atoms with E-state index in [1.807, 2.05) is 6.92 Å². The number of aliphatic hydroxyl groups is 1. The van der Waals surface area contributed by atoms with Crippen molar-refractivity contribution < 1.29 is 18.3 Å². The van der Waals surface area contributed by atoms with Gasteiger partial charge in [-0.25, -0.2) is 13.1 Å². The molecular weight excluding hydrogens is 292 g/mol. The second-order valence-corrected chi connectivity index (χ2v) is 6.75. The number of nitrogens with one attached hydrogen (secondary N) is 1. The Morgan fingerprint density at radius 3 is 2.71 bits per heavy atom. The van der Waals surface area contributed by atoms with Gasteiger partial charge in [-0.1, -0.05) is 6.07 Å². The van der Waals surface area contributed by atoms with Gasteiger partial charge in [-0.3, -0.25) is 4.79 Å². The molecule has 116 valence electrons. The fourth-order valence-electron chi connectivity index (χ4n) is 1.99. The van der Waals surface area contributed by atoms with Crippen molar-refractivity contribution in [1.82, 2.24) is 9.62 Å². The van der Waals surface area contributed by atoms with Crippen molar-refractivity contribution in [3.8, 4) is 0 Å². The summed E-state index contributed by atoms with van der Waals surface area (Å²) in [6, 6.07) is 6.02. The third-order valence-corrected chi connectivity index (χ3v) is 4.85. The Kier molecular flexibility index (Phi) is 4.97. The lowest BCUT2D eigenvalue weighted by atomic mass is 10.2. The number of amides is 1. The molecule has 0 spiro atoms. The first kappa shape index (κ1) is 15.9. The zero-order valence-electron chi connectivity index (χ0n) is 11.9. The molecule has 0 bridgehead atoms. The van der Waals surface area contributed by atoms with Crippen LogP contribution in [-0.4, -0.2) is 50.1 Å². The molecule has 2 N–H and O–H groups in total. The molecule has 7 heteroatoms. The highest BCUT2D eigenvalue weighted by atomic mass is 32.2. The minimum Gasteiger partial charge on any atom is -0.395 e. The summed E-state index contributed by atoms with van der Waals surface area (Å²) in [5.74, 6) is -0.282. The molecule has 0 aromatic heterocycles. The first-order chi connectivity index (χ1) is 9.97. The van der Waals surface area contributed by atoms with E-state index in [0.29, 0.717) is 12.1 Å². The Morgan fingerprint density at radius 2 is 2.14 bits per heavy atom. The van der Waals surface area contributed by atoms with Gasteiger partial charge in [-0.05, 0) is 38.0 Å². The molecule has 1 fully saturated rings. The standard InChI is InChI=1S/C14H20N2O4S/c1-2-16(8-9-17)14(18)11-4-3-5-13(10-11)21(19,20)15-12-6-7-12/h3-5,10,12,15,17H,2,6-9H2,1H3. The van der Waals surface area contributed by atoms with Gasteiger partial charge >= 0.3 is 0 Å². The van der Waals surface area contributed by atoms with Crippen molar-refractivity contribution in [3.05, 3.63) is 29.8 Å². The molecule has 1 amide bonds. The largest absolute Gasteiger partial charge is 0.395 e. The van der Waals surface area contributed by atoms with Crippen LogP contribution in [0.1, 0.15) is 30.1 Å². The second kappa shape index (κ2) is 6.55. The quantitative estimate of drug-likeness (QED) is 0.771. The van der Waals surface area contributed by atoms with Crippen LogP contribution in [0, 0.1) is 0 Å². The number of carbonyl (C=O) groups is 1. The highest BCUT2D eigenvalue weighted by Gasteiger charge is 2.28. The van der Waals surface area contributed by atoms with Crippen molar-refractivity contribution in [2.45, 2.75) is 30.7 Å². The van der Waals surface area contributed by atoms with Gasteiger partial charge < -0.3 is 10.0 Å². The summed E-state index contributed by atoms with van der Waals surface area (Å²) in [4.78, 5) is 13.8. The molecule has 1 aromatic rings. The number of sulfonamides is 1. The normalized spacial score (nSPS) is 15.0. The molecule has 21 heavy (non-hydrogen) atoms. The van der Waals surface area contributed by atoms with Crippen LogP contribution in [0.5, 0.6) is 0 Å². The van der Waals surface area contributed by atoms with E-state index < -0.39 is 10.0 Å². The topological polar surface area (TPSA) is 86.7 Å². The van der Waals surface area contributed by atoms with E-state index >= 15 is 0 Å². The number of aliphatic hydroxyl groups excluding tert-OH is 1. The van der Waals surface area contributed by atoms with Crippen LogP contribution < -0.4 is 4.72 Å². The zero-order chi connectivity index (χ0) is 15.5. The summed E-state index contributed by atoms with van der Waals surface area (Å²) in [5, 5.41) is 8.95. The van der Waals surface area contributed by atoms with Crippen molar-refractivity contribution in [2.75, 3.05) is 19.7 Å². The van der Waals surface area contributed by atoms with Crippen LogP contribution in [0.25, 0.3) is 0 Å². The van der Waals surface area contributed by atoms with E-state index in [-0.39, 0.29) is 30.0 Å². The molecule has 1 aromatic carbocycles. The van der Waals surface area contributed by atoms with Crippen LogP contribution in [0.4, 0.5) is 0 Å². The predicted molar refractivity (Wildman–Crippen MR) is 78.4 cm³/mol. The zero-order valence-corrected chi connectivity index (χ0v) is 12.8. The third kappa shape index (κ3) is 4.03. The average molecular weight is 312 g/mol. The molecule has 0 saturated heterocycles. The molecule has 0 heterocycles. The summed E-state index contributed by atoms with van der Waals surface area (Å²) in [6.45, 7) is 2.37. The summed E-state index contributed by atoms with van der Waals surface area (Å²) in [5.41, 5.74) is 0.309. The second-order valence-electron chi connectivity index (χ2n) is 5.03. The number of hydrogen-bond acceptors (Lipinski definition) is 4. The van der Waals surface area contributed by atoms with Gasteiger partial charge in [0, 0.05) is 24.7 Å². The van der Waals surface area contributed by atoms with E-state index in [1.165, 1.54) is 17.0 Å². The lowest BCUT2D eigenvalue weighted by Crippen LogP contribution is -2.33. The highest BCUT2D eigenvalue weighted by molar-refractivity contribution is 7.89. The molecule has 1 aliphatic carbocycles. The van der Waals surface area contributed by atoms with E-state index in [4.69, 9.17) is 5.11 Å². The Hall–Kier alpha value is -1.44. The molecule has 0 aliphatic heterocycles. The number of benzene rings is 1. The predicted octanol–water partition coefficient (Wildman–Crippen LogP) is 0.582. The van der Waals surface area contributed by atoms with Gasteiger partial charge in [0.25, 0.3) is 5.91 Å². The van der Waals surface area contributed by atoms with Gasteiger partial charge in [0.05, 0.1) is 11.5 Å². The Labute approximate surface area is 124 Å². The van der Waals surface area contributed by atoms with Crippen LogP contribution in [0.2, 0.25) is 0 Å². The average Bonchev–Trinajstić information content (AvgIpc) is 3.27. The van der Waals surface area contributed by atoms with E-state index in [0.717, 1.165) is 12.8 Å². The fraction of sp³-hybridized carbons (Fsp3) is 0.500. The monoisotopic (exact) mass is 312 g/mol. The number of rotatable bonds is 7. The molecular formula is C14H20N2O4S. The van der Waals surface area contributed by atoms with Crippen molar-refractivity contribution in [3.63, 3.8) is 0 Å². The minimum atomic E-state index is -3.57. The number of nitrogens with zero attached hydrogens (tertiary/aromatic N) is 1. The summed E-state index contributed by atoms with van der Waals surface area (Å²) in [6.07, 6.45) is 1.72. The number of hydrogen-bond donors (Lipinski definition) is 2. The molecule has 6 nitrogen and oxygen atoms in total. The first-order valence-corrected chi connectivity index (χ1v) is 8.48. The summed E-state index contributed by atoms with van der Waals surface area (Å²) in [7, 11) is -3.57. The smallest absolute Gasteiger partial charge is 0.253 e. The van der Waals surface area contributed by atoms with Crippen LogP contribution >= 0.6 is 0 Å². The third-order valence-electron chi connectivity index (χ3n) is 3.33. The Morgan fingerprint density at radius 1 is 1.43 bits per heavy atom. The van der Waals surface area contributed by atoms with Crippen molar-refractivity contribution >= 4 is 15.9 Å². The van der Waals surface area contributed by atoms with Crippen LogP contribution in [-0.2, 0) is 10.0 Å². The number of carbonyl (C=O) groups excluding carboxylic acids is 1. The maximum absolute atomic E-state index is 12.3. The lowest BCUT2D eigenvalue weighted by Gasteiger charge is -2.20. The van der Waals surface area contributed by atoms with Gasteiger partial charge in [0.2, 0.25) is 10.0 Å². The Bertz CT molecular complexity index is 611. The first-order valence-electron chi connectivity index (χ1n) is 7.00. The van der Waals surface area contributed by atoms with Crippen LogP contribution in [0.3, 0.4) is 0 Å². The van der Waals surface area contributed by atoms with Crippen molar-refractivity contribution in [1.29, 1.82) is 0 Å². The van der Waals surface area contributed by atoms with E-state index in [1.54, 1.807) is 12.1 Å². The van der Waals surface area contributed by atoms with Crippen LogP contribution in [0.15, 0.2) is 29.2 Å². The SMILES string of the molecule is CCN(CCO)C(=O)c1cccc(S(=O)(=O)NC2CC2)c1. The molecule has 1 saturated carbocycles. The number of likely N-dealkylation sites (N-methyl/N-ethyl adjacent to an activating group) is 1.